The maximum atomic E-state index is 14.5. The number of carbonyl (C=O) groups is 5. The first-order chi connectivity index (χ1) is 33.2. The van der Waals surface area contributed by atoms with Crippen LogP contribution in [0.15, 0.2) is 53.8 Å². The standard InChI is InChI=1S/C53H79BN4O12/c1-31-16-12-11-13-17-32(2)43(66-8)28-39-21-19-37(7)53(65,70-39)50(62)51(63)57-23-15-14-18-41(57)52(64)69-44(29-42(59)33(3)25-36(6)48(61)49(68-10)47(60)35(5)24-31)34(4)26-38-20-22-40(45(27-38)67-9)58-30-46(54)55-56-58/h11-13,16-17,25,30-31,34-41,43-45,48-49,61,65H,14-15,18-24,26-29H2,1-10H3/b13-11?,16-12?,32-17?,33-25+. The zero-order valence-corrected chi connectivity index (χ0v) is 43.2. The number of cyclic esters (lactones) is 1. The molecular formula is C53H79BN4O12. The number of amides is 1. The van der Waals surface area contributed by atoms with Crippen LogP contribution in [0.2, 0.25) is 0 Å². The summed E-state index contributed by atoms with van der Waals surface area (Å²) in [5.41, 5.74) is 1.51. The van der Waals surface area contributed by atoms with Crippen LogP contribution in [-0.4, -0.2) is 144 Å². The van der Waals surface area contributed by atoms with Gasteiger partial charge in [0.2, 0.25) is 5.79 Å². The largest absolute Gasteiger partial charge is 0.460 e. The van der Waals surface area contributed by atoms with Crippen molar-refractivity contribution in [3.8, 4) is 0 Å². The van der Waals surface area contributed by atoms with Gasteiger partial charge in [-0.25, -0.2) is 9.48 Å². The monoisotopic (exact) mass is 975 g/mol. The van der Waals surface area contributed by atoms with Crippen LogP contribution < -0.4 is 5.59 Å². The van der Waals surface area contributed by atoms with Gasteiger partial charge >= 0.3 is 5.97 Å². The second-order valence-electron chi connectivity index (χ2n) is 20.7. The van der Waals surface area contributed by atoms with E-state index in [1.807, 2.05) is 58.1 Å². The van der Waals surface area contributed by atoms with Gasteiger partial charge < -0.3 is 38.8 Å². The summed E-state index contributed by atoms with van der Waals surface area (Å²) in [6.45, 7) is 12.8. The third-order valence-electron chi connectivity index (χ3n) is 15.4. The summed E-state index contributed by atoms with van der Waals surface area (Å²) in [7, 11) is 10.5. The van der Waals surface area contributed by atoms with Crippen molar-refractivity contribution in [1.82, 2.24) is 19.9 Å². The predicted molar refractivity (Wildman–Crippen MR) is 264 cm³/mol. The Bertz CT molecular complexity index is 2090. The van der Waals surface area contributed by atoms with Crippen molar-refractivity contribution in [3.05, 3.63) is 53.8 Å². The van der Waals surface area contributed by atoms with Gasteiger partial charge in [0.15, 0.2) is 11.6 Å². The summed E-state index contributed by atoms with van der Waals surface area (Å²) in [6, 6.07) is -1.23. The quantitative estimate of drug-likeness (QED) is 0.198. The zero-order chi connectivity index (χ0) is 51.4. The molecule has 1 aromatic heterocycles. The Morgan fingerprint density at radius 3 is 2.33 bits per heavy atom. The van der Waals surface area contributed by atoms with Gasteiger partial charge in [-0.05, 0) is 107 Å². The van der Waals surface area contributed by atoms with Gasteiger partial charge in [-0.3, -0.25) is 19.2 Å². The van der Waals surface area contributed by atoms with Gasteiger partial charge in [-0.15, -0.1) is 5.10 Å². The van der Waals surface area contributed by atoms with Gasteiger partial charge in [0.1, 0.15) is 26.1 Å². The van der Waals surface area contributed by atoms with Crippen LogP contribution in [0.3, 0.4) is 0 Å². The van der Waals surface area contributed by atoms with E-state index in [1.54, 1.807) is 51.9 Å². The Morgan fingerprint density at radius 1 is 0.914 bits per heavy atom. The number of aliphatic hydroxyl groups excluding tert-OH is 1. The average molecular weight is 975 g/mol. The SMILES string of the molecule is [B]c1cn(C2CCC(CC(C)C3CC(=O)/C(C)=C/C(C)C(O)C(OC)C(=O)C(C)CC(C)C=CC=CC=C(C)C(OC)CC4CCC(C)C(O)(O4)C(=O)C(=O)N4CCCCC4C(=O)O3)CC2OC)nn1. The fourth-order valence-electron chi connectivity index (χ4n) is 10.9. The molecule has 0 spiro atoms. The van der Waals surface area contributed by atoms with Crippen molar-refractivity contribution >= 4 is 42.7 Å². The highest BCUT2D eigenvalue weighted by Gasteiger charge is 2.53. The molecule has 15 unspecified atom stereocenters. The van der Waals surface area contributed by atoms with E-state index in [1.165, 1.54) is 12.0 Å². The van der Waals surface area contributed by atoms with Crippen LogP contribution in [0.1, 0.15) is 132 Å². The second kappa shape index (κ2) is 26.0. The topological polar surface area (TPSA) is 206 Å². The number of piperidine rings is 1. The summed E-state index contributed by atoms with van der Waals surface area (Å²) < 4.78 is 31.6. The summed E-state index contributed by atoms with van der Waals surface area (Å²) >= 11 is 0. The van der Waals surface area contributed by atoms with Crippen molar-refractivity contribution in [2.45, 2.75) is 180 Å². The number of fused-ring (bicyclic) bond motifs is 3. The van der Waals surface area contributed by atoms with E-state index in [-0.39, 0.29) is 60.9 Å². The second-order valence-corrected chi connectivity index (χ2v) is 20.7. The van der Waals surface area contributed by atoms with Crippen LogP contribution in [0.25, 0.3) is 0 Å². The van der Waals surface area contributed by atoms with Gasteiger partial charge in [0.25, 0.3) is 11.7 Å². The molecule has 1 aliphatic carbocycles. The third-order valence-corrected chi connectivity index (χ3v) is 15.4. The normalized spacial score (nSPS) is 36.7. The molecule has 15 atom stereocenters. The lowest BCUT2D eigenvalue weighted by Gasteiger charge is -2.42. The van der Waals surface area contributed by atoms with Gasteiger partial charge in [-0.1, -0.05) is 76.3 Å². The highest BCUT2D eigenvalue weighted by molar-refractivity contribution is 6.39. The van der Waals surface area contributed by atoms with E-state index in [0.717, 1.165) is 18.4 Å². The smallest absolute Gasteiger partial charge is 0.329 e. The molecule has 4 aliphatic rings. The van der Waals surface area contributed by atoms with E-state index in [2.05, 4.69) is 10.3 Å². The molecule has 1 saturated carbocycles. The number of aromatic nitrogens is 3. The zero-order valence-electron chi connectivity index (χ0n) is 43.2. The highest BCUT2D eigenvalue weighted by Crippen LogP contribution is 2.39. The first-order valence-corrected chi connectivity index (χ1v) is 25.4. The van der Waals surface area contributed by atoms with E-state index < -0.39 is 77.8 Å². The number of Topliss-reactive ketones (excluding diaryl/α,β-unsaturated/α-hetero) is 3. The van der Waals surface area contributed by atoms with Crippen LogP contribution >= 0.6 is 0 Å². The molecule has 70 heavy (non-hydrogen) atoms. The van der Waals surface area contributed by atoms with Crippen molar-refractivity contribution in [1.29, 1.82) is 0 Å². The maximum Gasteiger partial charge on any atom is 0.329 e. The maximum absolute atomic E-state index is 14.5. The lowest BCUT2D eigenvalue weighted by Crippen LogP contribution is -2.61. The number of esters is 1. The number of allylic oxidation sites excluding steroid dienone is 6. The lowest BCUT2D eigenvalue weighted by molar-refractivity contribution is -0.265. The van der Waals surface area contributed by atoms with Crippen LogP contribution in [0, 0.1) is 35.5 Å². The number of ketones is 3. The average Bonchev–Trinajstić information content (AvgIpc) is 3.78. The van der Waals surface area contributed by atoms with Gasteiger partial charge in [-0.2, -0.15) is 0 Å². The molecule has 2 bridgehead atoms. The van der Waals surface area contributed by atoms with Crippen LogP contribution in [0.5, 0.6) is 0 Å². The minimum atomic E-state index is -2.44. The van der Waals surface area contributed by atoms with Crippen molar-refractivity contribution in [2.75, 3.05) is 27.9 Å². The lowest BCUT2D eigenvalue weighted by atomic mass is 9.77. The summed E-state index contributed by atoms with van der Waals surface area (Å²) in [6.07, 6.45) is 14.0. The minimum Gasteiger partial charge on any atom is -0.460 e. The first kappa shape index (κ1) is 56.8. The van der Waals surface area contributed by atoms with Crippen LogP contribution in [-0.2, 0) is 47.7 Å². The number of aliphatic hydroxyl groups is 2. The fraction of sp³-hybridized carbons (Fsp3) is 0.717. The van der Waals surface area contributed by atoms with E-state index in [0.29, 0.717) is 62.5 Å². The van der Waals surface area contributed by atoms with Crippen molar-refractivity contribution < 1.29 is 57.9 Å². The number of hydrogen-bond acceptors (Lipinski definition) is 14. The Balaban J connectivity index is 1.46. The molecule has 4 heterocycles. The number of nitrogens with zero attached hydrogens (tertiary/aromatic N) is 4. The van der Waals surface area contributed by atoms with E-state index in [9.17, 15) is 34.2 Å². The summed E-state index contributed by atoms with van der Waals surface area (Å²) in [5.74, 6) is -7.95. The Labute approximate surface area is 416 Å². The summed E-state index contributed by atoms with van der Waals surface area (Å²) in [5, 5.41) is 31.7. The predicted octanol–water partition coefficient (Wildman–Crippen LogP) is 5.45. The fourth-order valence-corrected chi connectivity index (χ4v) is 10.9. The molecular weight excluding hydrogens is 895 g/mol. The molecule has 386 valence electrons. The number of hydrogen-bond donors (Lipinski definition) is 2. The molecule has 1 amide bonds. The molecule has 3 fully saturated rings. The van der Waals surface area contributed by atoms with E-state index >= 15 is 0 Å². The molecule has 2 radical (unpaired) electrons. The highest BCUT2D eigenvalue weighted by atomic mass is 16.6. The van der Waals surface area contributed by atoms with Crippen molar-refractivity contribution in [3.63, 3.8) is 0 Å². The number of ether oxygens (including phenoxy) is 5. The third kappa shape index (κ3) is 14.3. The molecule has 0 aromatic carbocycles. The minimum absolute atomic E-state index is 0.0172. The number of carbonyl (C=O) groups excluding carboxylic acids is 5. The Hall–Kier alpha value is -4.13. The summed E-state index contributed by atoms with van der Waals surface area (Å²) in [4.78, 5) is 72.4. The molecule has 2 N–H and O–H groups in total. The Morgan fingerprint density at radius 2 is 1.66 bits per heavy atom. The van der Waals surface area contributed by atoms with E-state index in [4.69, 9.17) is 31.5 Å². The van der Waals surface area contributed by atoms with Gasteiger partial charge in [0, 0.05) is 70.3 Å². The molecule has 17 heteroatoms. The molecule has 3 aliphatic heterocycles. The number of rotatable bonds is 7. The first-order valence-electron chi connectivity index (χ1n) is 25.4. The van der Waals surface area contributed by atoms with Crippen molar-refractivity contribution in [2.24, 2.45) is 35.5 Å². The van der Waals surface area contributed by atoms with Crippen LogP contribution in [0.4, 0.5) is 0 Å². The molecule has 5 rings (SSSR count). The molecule has 1 aromatic rings. The Kier molecular flexibility index (Phi) is 21.1. The molecule has 16 nitrogen and oxygen atoms in total. The number of methoxy groups -OCH3 is 3. The molecule has 2 saturated heterocycles. The van der Waals surface area contributed by atoms with Gasteiger partial charge in [0.05, 0.1) is 30.5 Å².